The van der Waals surface area contributed by atoms with Crippen molar-refractivity contribution < 1.29 is 47.6 Å². The number of ether oxygens (including phenoxy) is 6. The Morgan fingerprint density at radius 1 is 0.250 bits per heavy atom. The summed E-state index contributed by atoms with van der Waals surface area (Å²) in [4.78, 5) is 65.4. The molecule has 0 bridgehead atoms. The van der Waals surface area contributed by atoms with E-state index in [1.54, 1.807) is 12.1 Å². The van der Waals surface area contributed by atoms with Crippen LogP contribution in [-0.2, 0) is 0 Å². The number of benzene rings is 7. The fourth-order valence-electron chi connectivity index (χ4n) is 15.8. The first kappa shape index (κ1) is 96.6. The molecule has 2 aliphatic heterocycles. The molecule has 4 amide bonds. The first-order valence-corrected chi connectivity index (χ1v) is 46.2. The van der Waals surface area contributed by atoms with Crippen molar-refractivity contribution in [1.29, 1.82) is 0 Å². The molecular weight excluding hydrogens is 1630 g/mol. The van der Waals surface area contributed by atoms with Gasteiger partial charge in [0.1, 0.15) is 12.2 Å². The number of unbranched alkanes of at least 4 members (excludes halogenated alkanes) is 36. The molecule has 0 unspecified atom stereocenters. The number of nitrogens with zero attached hydrogens (tertiary/aromatic N) is 2. The summed E-state index contributed by atoms with van der Waals surface area (Å²) in [5.41, 5.74) is 0.313. The molecule has 0 atom stereocenters. The smallest absolute Gasteiger partial charge is 0.266 e. The van der Waals surface area contributed by atoms with Crippen molar-refractivity contribution in [2.75, 3.05) is 36.2 Å². The highest BCUT2D eigenvalue weighted by molar-refractivity contribution is 6.57. The van der Waals surface area contributed by atoms with E-state index >= 15 is 19.2 Å². The first-order chi connectivity index (χ1) is 60.8. The summed E-state index contributed by atoms with van der Waals surface area (Å²) in [5.74, 6) is 48.7. The van der Waals surface area contributed by atoms with E-state index in [4.69, 9.17) is 87.7 Å². The number of hydrogen-bond donors (Lipinski definition) is 0. The van der Waals surface area contributed by atoms with Gasteiger partial charge in [-0.3, -0.25) is 19.2 Å². The second-order valence-corrected chi connectivity index (χ2v) is 32.8. The van der Waals surface area contributed by atoms with E-state index in [-0.39, 0.29) is 112 Å². The summed E-state index contributed by atoms with van der Waals surface area (Å²) in [7, 11) is 0. The summed E-state index contributed by atoms with van der Waals surface area (Å²) in [6.07, 6.45) is 60.4. The minimum atomic E-state index is -0.746. The summed E-state index contributed by atoms with van der Waals surface area (Å²) >= 11 is 30.5. The van der Waals surface area contributed by atoms with Gasteiger partial charge in [0, 0.05) is 147 Å². The molecule has 9 rings (SSSR count). The lowest BCUT2D eigenvalue weighted by Gasteiger charge is -2.32. The number of carbonyl (C=O) groups excluding carboxylic acids is 4. The number of terminal acetylenes is 2. The second-order valence-electron chi connectivity index (χ2n) is 31.1. The van der Waals surface area contributed by atoms with Crippen molar-refractivity contribution in [1.82, 2.24) is 0 Å². The molecule has 0 radical (unpaired) electrons. The second kappa shape index (κ2) is 54.4. The number of fused-ring (bicyclic) bond motifs is 2. The molecule has 0 aliphatic carbocycles. The Morgan fingerprint density at radius 2 is 0.460 bits per heavy atom. The van der Waals surface area contributed by atoms with E-state index in [2.05, 4.69) is 158 Å². The molecule has 12 nitrogen and oxygen atoms in total. The zero-order valence-corrected chi connectivity index (χ0v) is 75.4. The maximum absolute atomic E-state index is 15.8. The summed E-state index contributed by atoms with van der Waals surface area (Å²) < 4.78 is 39.1. The molecule has 7 aromatic rings. The molecule has 2 heterocycles. The number of carbonyl (C=O) groups is 4. The summed E-state index contributed by atoms with van der Waals surface area (Å²) in [6, 6.07) is 12.2. The van der Waals surface area contributed by atoms with Crippen molar-refractivity contribution in [3.8, 4) is 178 Å². The van der Waals surface area contributed by atoms with Gasteiger partial charge in [0.05, 0.1) is 60.1 Å². The number of halogens is 4. The van der Waals surface area contributed by atoms with E-state index in [9.17, 15) is 0 Å². The predicted molar refractivity (Wildman–Crippen MR) is 509 cm³/mol. The lowest BCUT2D eigenvalue weighted by Crippen LogP contribution is -2.40. The van der Waals surface area contributed by atoms with Crippen molar-refractivity contribution in [3.63, 3.8) is 0 Å². The summed E-state index contributed by atoms with van der Waals surface area (Å²) in [6.45, 7) is 10.1. The molecule has 0 saturated carbocycles. The maximum Gasteiger partial charge on any atom is 0.266 e. The number of rotatable bonds is 52. The van der Waals surface area contributed by atoms with E-state index in [1.165, 1.54) is 190 Å². The van der Waals surface area contributed by atoms with Crippen LogP contribution < -0.4 is 38.2 Å². The van der Waals surface area contributed by atoms with Crippen LogP contribution in [0.5, 0.6) is 34.5 Å². The largest absolute Gasteiger partial charge is 0.489 e. The van der Waals surface area contributed by atoms with Gasteiger partial charge in [0.2, 0.25) is 11.5 Å². The van der Waals surface area contributed by atoms with Gasteiger partial charge in [-0.25, -0.2) is 9.80 Å². The van der Waals surface area contributed by atoms with Gasteiger partial charge in [-0.05, 0) is 109 Å². The molecule has 0 aromatic heterocycles. The average molecular weight is 1740 g/mol. The fourth-order valence-corrected chi connectivity index (χ4v) is 16.9. The molecular formula is C108H110Cl4N2O10. The van der Waals surface area contributed by atoms with Gasteiger partial charge in [0.25, 0.3) is 23.6 Å². The highest BCUT2D eigenvalue weighted by Gasteiger charge is 2.42. The van der Waals surface area contributed by atoms with Gasteiger partial charge in [0.15, 0.2) is 23.0 Å². The number of anilines is 2. The van der Waals surface area contributed by atoms with Crippen LogP contribution in [0.4, 0.5) is 11.4 Å². The molecule has 124 heavy (non-hydrogen) atoms. The maximum atomic E-state index is 15.8. The third kappa shape index (κ3) is 27.9. The van der Waals surface area contributed by atoms with Crippen LogP contribution in [-0.4, -0.2) is 50.1 Å². The molecule has 7 aromatic carbocycles. The normalized spacial score (nSPS) is 11.4. The van der Waals surface area contributed by atoms with Crippen LogP contribution in [0.2, 0.25) is 20.1 Å². The molecule has 0 fully saturated rings. The zero-order chi connectivity index (χ0) is 87.9. The van der Waals surface area contributed by atoms with Crippen LogP contribution in [0.15, 0.2) is 48.5 Å². The first-order valence-electron chi connectivity index (χ1n) is 44.7. The number of hydrogen-bond acceptors (Lipinski definition) is 10. The van der Waals surface area contributed by atoms with Crippen LogP contribution in [0.3, 0.4) is 0 Å². The Morgan fingerprint density at radius 3 is 0.702 bits per heavy atom. The van der Waals surface area contributed by atoms with Gasteiger partial charge < -0.3 is 28.4 Å². The van der Waals surface area contributed by atoms with E-state index < -0.39 is 23.6 Å². The molecule has 0 saturated heterocycles. The highest BCUT2D eigenvalue weighted by Crippen LogP contribution is 2.56. The lowest BCUT2D eigenvalue weighted by atomic mass is 9.82. The monoisotopic (exact) mass is 1730 g/mol. The lowest BCUT2D eigenvalue weighted by molar-refractivity contribution is 0.0877. The minimum absolute atomic E-state index is 0.0389. The van der Waals surface area contributed by atoms with Crippen molar-refractivity contribution in [2.45, 2.75) is 285 Å². The van der Waals surface area contributed by atoms with Gasteiger partial charge in [-0.2, -0.15) is 0 Å². The molecule has 0 N–H and O–H groups in total. The van der Waals surface area contributed by atoms with E-state index in [1.807, 2.05) is 0 Å². The Kier molecular flexibility index (Phi) is 42.4. The molecule has 16 heteroatoms. The Labute approximate surface area is 756 Å². The Hall–Kier alpha value is -11.2. The third-order valence-corrected chi connectivity index (χ3v) is 23.1. The van der Waals surface area contributed by atoms with Crippen molar-refractivity contribution in [3.05, 3.63) is 90.9 Å². The zero-order valence-electron chi connectivity index (χ0n) is 72.4. The summed E-state index contributed by atoms with van der Waals surface area (Å²) in [5, 5.41) is 2.38. The minimum Gasteiger partial charge on any atom is -0.489 e. The van der Waals surface area contributed by atoms with Crippen molar-refractivity contribution >= 4 is 124 Å². The average Bonchev–Trinajstić information content (AvgIpc) is 0.674. The topological polar surface area (TPSA) is 130 Å². The van der Waals surface area contributed by atoms with Gasteiger partial charge in [-0.15, -0.1) is 12.8 Å². The predicted octanol–water partition coefficient (Wildman–Crippen LogP) is 27.1. The number of amides is 4. The fraction of sp³-hybridized carbons (Fsp3) is 0.444. The van der Waals surface area contributed by atoms with Crippen molar-refractivity contribution in [2.24, 2.45) is 0 Å². The standard InChI is InChI=1S/C108H110Cl4N2O10/c1-7-13-19-25-31-37-43-49-55-61-67-119-91-73-81(74-92(120-68-62-56-50-44-38-32-26-20-14-8-2)103(91)123-71-65-59-53-47-41-35-29-23-17-11-5)113-105(115)83-77-87(109)97-99-89(111)79-85-96-86(80-90(112)100(102(96)99)98-88(110)78-84(106(113)116)95(83)101(97)98)108(118)114(107(85)117)82-75-93(121-69-63-57-51-45-39-33-27-21-15-9-3)104(124-72-66-60-54-48-42-36-30-24-18-12-6)94(76-82)122-70-64-58-52-46-40-34-28-22-16-10-4/h1,3,73-80H,8,10-12,14,16-18,20,22-24,26,28-30,32,34-36,38,40-42,44,46-48,50,52-54,56,58-60,62,64-66,68,70-72H2,2,4-6H3. The van der Waals surface area contributed by atoms with E-state index in [0.717, 1.165) is 113 Å². The van der Waals surface area contributed by atoms with Crippen LogP contribution in [0, 0.1) is 143 Å². The van der Waals surface area contributed by atoms with Gasteiger partial charge in [-0.1, -0.05) is 305 Å². The highest BCUT2D eigenvalue weighted by atomic mass is 35.5. The Balaban J connectivity index is 1.10. The molecule has 2 aliphatic rings. The molecule has 0 spiro atoms. The molecule has 640 valence electrons. The van der Waals surface area contributed by atoms with Gasteiger partial charge >= 0.3 is 0 Å². The van der Waals surface area contributed by atoms with Crippen LogP contribution >= 0.6 is 46.4 Å². The van der Waals surface area contributed by atoms with E-state index in [0.29, 0.717) is 45.5 Å². The Bertz CT molecular complexity index is 5240. The number of imide groups is 2. The van der Waals surface area contributed by atoms with Crippen LogP contribution in [0.1, 0.15) is 326 Å². The SMILES string of the molecule is C#CC#CC#CC#CC#CC#COc1cc(N2C(=O)c3cc(Cl)c4c5c(Cl)cc6c7c(cc(Cl)c(c8c(Cl)cc(c3c48)C2=O)c75)C(=O)N(c2cc(OC#CC#CC#CC#CC#CC#C)c(OCCCCCCCCCCCC)c(OCCCCCCCCCCCC)c2)C6=O)cc(OCCCCCCCCCCCC)c1OCCCCCCCCCCCC. The quantitative estimate of drug-likeness (QED) is 0.0119. The third-order valence-electron chi connectivity index (χ3n) is 21.9. The van der Waals surface area contributed by atoms with Crippen LogP contribution in [0.25, 0.3) is 43.1 Å².